The van der Waals surface area contributed by atoms with Crippen molar-refractivity contribution in [2.24, 2.45) is 0 Å². The summed E-state index contributed by atoms with van der Waals surface area (Å²) >= 11 is 0.256. The molecular weight excluding hydrogens is 349 g/mol. The molecule has 0 aliphatic rings. The molecule has 1 N–H and O–H groups in total. The highest BCUT2D eigenvalue weighted by atomic mass is 32.2. The summed E-state index contributed by atoms with van der Waals surface area (Å²) in [5, 5.41) is 2.51. The minimum Gasteiger partial charge on any atom is -0.355 e. The van der Waals surface area contributed by atoms with Crippen molar-refractivity contribution in [2.45, 2.75) is 11.3 Å². The van der Waals surface area contributed by atoms with Crippen LogP contribution in [0, 0.1) is 29.1 Å². The Morgan fingerprint density at radius 3 is 2.00 bits per heavy atom. The molecule has 8 heteroatoms. The molecule has 24 heavy (non-hydrogen) atoms. The van der Waals surface area contributed by atoms with Crippen molar-refractivity contribution in [3.8, 4) is 0 Å². The fraction of sp³-hybridized carbons (Fsp3) is 0.188. The van der Waals surface area contributed by atoms with Gasteiger partial charge >= 0.3 is 0 Å². The third-order valence-electron chi connectivity index (χ3n) is 3.10. The van der Waals surface area contributed by atoms with Crippen LogP contribution < -0.4 is 5.32 Å². The van der Waals surface area contributed by atoms with E-state index in [4.69, 9.17) is 0 Å². The molecule has 0 aliphatic carbocycles. The molecule has 0 aromatic heterocycles. The number of carbonyl (C=O) groups is 1. The molecule has 0 saturated carbocycles. The summed E-state index contributed by atoms with van der Waals surface area (Å²) in [5.41, 5.74) is 0.991. The van der Waals surface area contributed by atoms with Crippen LogP contribution in [-0.4, -0.2) is 18.2 Å². The van der Waals surface area contributed by atoms with E-state index < -0.39 is 45.6 Å². The summed E-state index contributed by atoms with van der Waals surface area (Å²) in [5.74, 6) is -11.2. The molecule has 0 fully saturated rings. The van der Waals surface area contributed by atoms with Crippen LogP contribution in [-0.2, 0) is 11.2 Å². The molecule has 128 valence electrons. The van der Waals surface area contributed by atoms with E-state index in [1.165, 1.54) is 0 Å². The highest BCUT2D eigenvalue weighted by molar-refractivity contribution is 8.00. The lowest BCUT2D eigenvalue weighted by molar-refractivity contribution is -0.118. The summed E-state index contributed by atoms with van der Waals surface area (Å²) in [4.78, 5) is 10.6. The molecule has 0 bridgehead atoms. The van der Waals surface area contributed by atoms with Crippen molar-refractivity contribution in [2.75, 3.05) is 12.3 Å². The molecular formula is C16H12F5NOS. The van der Waals surface area contributed by atoms with E-state index in [0.29, 0.717) is 13.0 Å². The van der Waals surface area contributed by atoms with Crippen molar-refractivity contribution < 1.29 is 26.7 Å². The topological polar surface area (TPSA) is 29.1 Å². The van der Waals surface area contributed by atoms with Gasteiger partial charge in [-0.3, -0.25) is 4.79 Å². The number of amides is 1. The monoisotopic (exact) mass is 361 g/mol. The van der Waals surface area contributed by atoms with Gasteiger partial charge in [0.05, 0.1) is 10.6 Å². The van der Waals surface area contributed by atoms with Gasteiger partial charge < -0.3 is 5.32 Å². The predicted molar refractivity (Wildman–Crippen MR) is 80.1 cm³/mol. The van der Waals surface area contributed by atoms with Crippen LogP contribution in [0.5, 0.6) is 0 Å². The molecule has 0 spiro atoms. The van der Waals surface area contributed by atoms with E-state index in [9.17, 15) is 26.7 Å². The van der Waals surface area contributed by atoms with Gasteiger partial charge in [0.25, 0.3) is 0 Å². The highest BCUT2D eigenvalue weighted by Gasteiger charge is 2.26. The number of nitrogens with one attached hydrogen (secondary N) is 1. The van der Waals surface area contributed by atoms with Gasteiger partial charge in [-0.15, -0.1) is 11.8 Å². The Kier molecular flexibility index (Phi) is 6.19. The smallest absolute Gasteiger partial charge is 0.230 e. The van der Waals surface area contributed by atoms with Gasteiger partial charge in [-0.05, 0) is 12.0 Å². The quantitative estimate of drug-likeness (QED) is 0.367. The van der Waals surface area contributed by atoms with E-state index in [1.807, 2.05) is 30.3 Å². The number of carbonyl (C=O) groups excluding carboxylic acids is 1. The van der Waals surface area contributed by atoms with Crippen LogP contribution in [0.1, 0.15) is 5.56 Å². The second-order valence-corrected chi connectivity index (χ2v) is 5.76. The molecule has 0 unspecified atom stereocenters. The highest BCUT2D eigenvalue weighted by Crippen LogP contribution is 2.30. The molecule has 1 amide bonds. The number of hydrogen-bond acceptors (Lipinski definition) is 2. The van der Waals surface area contributed by atoms with Crippen molar-refractivity contribution in [1.82, 2.24) is 5.32 Å². The van der Waals surface area contributed by atoms with Crippen molar-refractivity contribution in [3.05, 3.63) is 65.0 Å². The van der Waals surface area contributed by atoms with Gasteiger partial charge in [-0.1, -0.05) is 30.3 Å². The fourth-order valence-corrected chi connectivity index (χ4v) is 2.70. The summed E-state index contributed by atoms with van der Waals surface area (Å²) in [6.45, 7) is 0.292. The van der Waals surface area contributed by atoms with Crippen LogP contribution in [0.3, 0.4) is 0 Å². The van der Waals surface area contributed by atoms with Gasteiger partial charge in [0.2, 0.25) is 11.7 Å². The first-order valence-corrected chi connectivity index (χ1v) is 7.85. The maximum absolute atomic E-state index is 13.5. The first kappa shape index (κ1) is 18.3. The molecule has 0 saturated heterocycles. The van der Waals surface area contributed by atoms with Gasteiger partial charge in [0, 0.05) is 6.54 Å². The molecule has 2 rings (SSSR count). The Hall–Kier alpha value is -2.09. The Bertz CT molecular complexity index is 710. The normalized spacial score (nSPS) is 10.7. The summed E-state index contributed by atoms with van der Waals surface area (Å²) in [7, 11) is 0. The summed E-state index contributed by atoms with van der Waals surface area (Å²) < 4.78 is 65.9. The number of halogens is 5. The van der Waals surface area contributed by atoms with Crippen molar-refractivity contribution in [1.29, 1.82) is 0 Å². The Balaban J connectivity index is 1.90. The minimum absolute atomic E-state index is 0.256. The molecule has 0 heterocycles. The van der Waals surface area contributed by atoms with Crippen LogP contribution in [0.4, 0.5) is 22.0 Å². The van der Waals surface area contributed by atoms with Gasteiger partial charge in [0.1, 0.15) is 0 Å². The minimum atomic E-state index is -2.22. The average molecular weight is 361 g/mol. The van der Waals surface area contributed by atoms with Crippen molar-refractivity contribution in [3.63, 3.8) is 0 Å². The Morgan fingerprint density at radius 1 is 0.875 bits per heavy atom. The molecule has 2 aromatic carbocycles. The zero-order chi connectivity index (χ0) is 17.7. The third kappa shape index (κ3) is 4.25. The van der Waals surface area contributed by atoms with E-state index in [0.717, 1.165) is 5.56 Å². The van der Waals surface area contributed by atoms with Crippen LogP contribution in [0.15, 0.2) is 35.2 Å². The first-order valence-electron chi connectivity index (χ1n) is 6.86. The van der Waals surface area contributed by atoms with Crippen molar-refractivity contribution >= 4 is 17.7 Å². The standard InChI is InChI=1S/C16H12F5NOS/c17-11-12(18)14(20)16(15(21)13(11)19)24-8-10(23)22-7-6-9-4-2-1-3-5-9/h1-5H,6-8H2,(H,22,23). The van der Waals surface area contributed by atoms with Gasteiger partial charge in [-0.25, -0.2) is 22.0 Å². The summed E-state index contributed by atoms with van der Waals surface area (Å²) in [6.07, 6.45) is 0.555. The summed E-state index contributed by atoms with van der Waals surface area (Å²) in [6, 6.07) is 9.28. The predicted octanol–water partition coefficient (Wildman–Crippen LogP) is 3.83. The Morgan fingerprint density at radius 2 is 1.42 bits per heavy atom. The molecule has 0 radical (unpaired) electrons. The second-order valence-electron chi connectivity index (χ2n) is 4.77. The van der Waals surface area contributed by atoms with Crippen LogP contribution in [0.25, 0.3) is 0 Å². The lowest BCUT2D eigenvalue weighted by atomic mass is 10.1. The lowest BCUT2D eigenvalue weighted by Crippen LogP contribution is -2.27. The van der Waals surface area contributed by atoms with Gasteiger partial charge in [-0.2, -0.15) is 0 Å². The largest absolute Gasteiger partial charge is 0.355 e. The first-order chi connectivity index (χ1) is 11.4. The third-order valence-corrected chi connectivity index (χ3v) is 4.15. The maximum atomic E-state index is 13.5. The second kappa shape index (κ2) is 8.14. The molecule has 0 atom stereocenters. The van der Waals surface area contributed by atoms with E-state index >= 15 is 0 Å². The lowest BCUT2D eigenvalue weighted by Gasteiger charge is -2.08. The number of thioether (sulfide) groups is 1. The van der Waals surface area contributed by atoms with E-state index in [2.05, 4.69) is 5.32 Å². The molecule has 0 aliphatic heterocycles. The number of hydrogen-bond donors (Lipinski definition) is 1. The molecule has 2 aromatic rings. The van der Waals surface area contributed by atoms with Gasteiger partial charge in [0.15, 0.2) is 23.3 Å². The SMILES string of the molecule is O=C(CSc1c(F)c(F)c(F)c(F)c1F)NCCc1ccccc1. The zero-order valence-electron chi connectivity index (χ0n) is 12.2. The van der Waals surface area contributed by atoms with Crippen LogP contribution >= 0.6 is 11.8 Å². The van der Waals surface area contributed by atoms with E-state index in [1.54, 1.807) is 0 Å². The average Bonchev–Trinajstić information content (AvgIpc) is 2.59. The number of rotatable bonds is 6. The van der Waals surface area contributed by atoms with E-state index in [-0.39, 0.29) is 11.8 Å². The van der Waals surface area contributed by atoms with Crippen LogP contribution in [0.2, 0.25) is 0 Å². The maximum Gasteiger partial charge on any atom is 0.230 e. The Labute approximate surface area is 139 Å². The fourth-order valence-electron chi connectivity index (χ4n) is 1.89. The number of benzene rings is 2. The molecule has 2 nitrogen and oxygen atoms in total. The zero-order valence-corrected chi connectivity index (χ0v) is 13.0.